The van der Waals surface area contributed by atoms with Gasteiger partial charge in [-0.05, 0) is 50.8 Å². The van der Waals surface area contributed by atoms with E-state index in [4.69, 9.17) is 9.47 Å². The molecule has 6 heteroatoms. The maximum atomic E-state index is 12.2. The minimum Gasteiger partial charge on any atom is -0.497 e. The lowest BCUT2D eigenvalue weighted by Crippen LogP contribution is -2.36. The van der Waals surface area contributed by atoms with E-state index >= 15 is 0 Å². The van der Waals surface area contributed by atoms with Crippen LogP contribution >= 0.6 is 0 Å². The number of methoxy groups -OCH3 is 1. The number of carbonyl (C=O) groups excluding carboxylic acids is 1. The minimum absolute atomic E-state index is 0.151. The summed E-state index contributed by atoms with van der Waals surface area (Å²) in [5, 5.41) is 9.69. The highest BCUT2D eigenvalue weighted by Gasteiger charge is 2.38. The Balaban J connectivity index is 2.13. The second-order valence-corrected chi connectivity index (χ2v) is 7.07. The first kappa shape index (κ1) is 18.1. The van der Waals surface area contributed by atoms with Crippen LogP contribution in [0.3, 0.4) is 0 Å². The lowest BCUT2D eigenvalue weighted by Gasteiger charge is -2.25. The first-order valence-electron chi connectivity index (χ1n) is 8.06. The van der Waals surface area contributed by atoms with E-state index in [1.54, 1.807) is 36.3 Å². The van der Waals surface area contributed by atoms with Gasteiger partial charge in [0.05, 0.1) is 13.0 Å². The predicted octanol–water partition coefficient (Wildman–Crippen LogP) is 3.12. The Kier molecular flexibility index (Phi) is 5.36. The van der Waals surface area contributed by atoms with Crippen molar-refractivity contribution in [3.8, 4) is 5.75 Å². The van der Waals surface area contributed by atoms with Gasteiger partial charge in [-0.25, -0.2) is 4.79 Å². The van der Waals surface area contributed by atoms with Gasteiger partial charge in [-0.2, -0.15) is 0 Å². The number of hydrogen-bond acceptors (Lipinski definition) is 4. The number of amides is 1. The number of carboxylic acids is 1. The third kappa shape index (κ3) is 4.40. The second kappa shape index (κ2) is 7.11. The Morgan fingerprint density at radius 3 is 2.62 bits per heavy atom. The summed E-state index contributed by atoms with van der Waals surface area (Å²) in [6.07, 6.45) is 0.243. The van der Waals surface area contributed by atoms with Crippen LogP contribution in [0, 0.1) is 5.92 Å². The summed E-state index contributed by atoms with van der Waals surface area (Å²) in [6.45, 7) is 6.33. The minimum atomic E-state index is -0.890. The van der Waals surface area contributed by atoms with E-state index in [9.17, 15) is 14.7 Å². The quantitative estimate of drug-likeness (QED) is 0.915. The van der Waals surface area contributed by atoms with Crippen LogP contribution in [-0.2, 0) is 9.53 Å². The summed E-state index contributed by atoms with van der Waals surface area (Å²) < 4.78 is 10.6. The Morgan fingerprint density at radius 2 is 2.04 bits per heavy atom. The summed E-state index contributed by atoms with van der Waals surface area (Å²) in [4.78, 5) is 25.6. The number of likely N-dealkylation sites (tertiary alicyclic amines) is 1. The number of carbonyl (C=O) groups is 2. The SMILES string of the molecule is COc1cccc(C(C(=O)O)C2CCN(C(=O)OC(C)(C)C)C2)c1. The van der Waals surface area contributed by atoms with Crippen molar-refractivity contribution >= 4 is 12.1 Å². The van der Waals surface area contributed by atoms with Gasteiger partial charge in [0.2, 0.25) is 0 Å². The molecule has 0 radical (unpaired) electrons. The van der Waals surface area contributed by atoms with Crippen molar-refractivity contribution < 1.29 is 24.2 Å². The van der Waals surface area contributed by atoms with Crippen LogP contribution in [0.5, 0.6) is 5.75 Å². The molecule has 0 aliphatic carbocycles. The maximum absolute atomic E-state index is 12.2. The van der Waals surface area contributed by atoms with Crippen molar-refractivity contribution in [2.45, 2.75) is 38.7 Å². The number of ether oxygens (including phenoxy) is 2. The van der Waals surface area contributed by atoms with E-state index in [0.717, 1.165) is 0 Å². The summed E-state index contributed by atoms with van der Waals surface area (Å²) in [5.74, 6) is -1.09. The highest BCUT2D eigenvalue weighted by atomic mass is 16.6. The molecule has 1 N–H and O–H groups in total. The normalized spacial score (nSPS) is 19.0. The van der Waals surface area contributed by atoms with Crippen molar-refractivity contribution in [3.05, 3.63) is 29.8 Å². The largest absolute Gasteiger partial charge is 0.497 e. The van der Waals surface area contributed by atoms with Gasteiger partial charge >= 0.3 is 12.1 Å². The van der Waals surface area contributed by atoms with Gasteiger partial charge in [-0.3, -0.25) is 4.79 Å². The van der Waals surface area contributed by atoms with Crippen LogP contribution in [0.2, 0.25) is 0 Å². The molecule has 6 nitrogen and oxygen atoms in total. The zero-order valence-electron chi connectivity index (χ0n) is 14.6. The third-order valence-electron chi connectivity index (χ3n) is 4.07. The molecule has 2 unspecified atom stereocenters. The molecule has 132 valence electrons. The van der Waals surface area contributed by atoms with E-state index in [-0.39, 0.29) is 12.0 Å². The standard InChI is InChI=1S/C18H25NO5/c1-18(2,3)24-17(22)19-9-8-13(11-19)15(16(20)21)12-6-5-7-14(10-12)23-4/h5-7,10,13,15H,8-9,11H2,1-4H3,(H,20,21). The van der Waals surface area contributed by atoms with Crippen LogP contribution in [0.15, 0.2) is 24.3 Å². The van der Waals surface area contributed by atoms with E-state index in [1.807, 2.05) is 20.8 Å². The summed E-state index contributed by atoms with van der Waals surface area (Å²) in [6, 6.07) is 7.10. The summed E-state index contributed by atoms with van der Waals surface area (Å²) in [5.41, 5.74) is 0.131. The molecule has 1 heterocycles. The maximum Gasteiger partial charge on any atom is 0.410 e. The molecule has 1 saturated heterocycles. The van der Waals surface area contributed by atoms with E-state index in [0.29, 0.717) is 30.8 Å². The molecule has 1 aromatic rings. The van der Waals surface area contributed by atoms with Gasteiger partial charge in [0, 0.05) is 13.1 Å². The van der Waals surface area contributed by atoms with Crippen LogP contribution < -0.4 is 4.74 Å². The Morgan fingerprint density at radius 1 is 1.33 bits per heavy atom. The average Bonchev–Trinajstić information content (AvgIpc) is 2.95. The summed E-state index contributed by atoms with van der Waals surface area (Å²) in [7, 11) is 1.55. The predicted molar refractivity (Wildman–Crippen MR) is 89.3 cm³/mol. The number of hydrogen-bond donors (Lipinski definition) is 1. The molecule has 2 rings (SSSR count). The molecule has 1 aliphatic heterocycles. The van der Waals surface area contributed by atoms with Gasteiger partial charge < -0.3 is 19.5 Å². The fourth-order valence-corrected chi connectivity index (χ4v) is 3.00. The molecule has 1 fully saturated rings. The number of carboxylic acid groups (broad SMARTS) is 1. The molecule has 0 spiro atoms. The molecule has 1 aliphatic rings. The van der Waals surface area contributed by atoms with Crippen molar-refractivity contribution in [1.82, 2.24) is 4.90 Å². The van der Waals surface area contributed by atoms with Gasteiger partial charge in [0.1, 0.15) is 11.4 Å². The molecule has 1 aromatic carbocycles. The molecule has 2 atom stereocenters. The third-order valence-corrected chi connectivity index (χ3v) is 4.07. The number of rotatable bonds is 4. The van der Waals surface area contributed by atoms with Gasteiger partial charge in [0.25, 0.3) is 0 Å². The molecule has 1 amide bonds. The van der Waals surface area contributed by atoms with Crippen molar-refractivity contribution in [2.24, 2.45) is 5.92 Å². The first-order valence-corrected chi connectivity index (χ1v) is 8.06. The van der Waals surface area contributed by atoms with Crippen LogP contribution in [0.25, 0.3) is 0 Å². The molecule has 24 heavy (non-hydrogen) atoms. The average molecular weight is 335 g/mol. The van der Waals surface area contributed by atoms with Crippen molar-refractivity contribution in [2.75, 3.05) is 20.2 Å². The van der Waals surface area contributed by atoms with Gasteiger partial charge in [0.15, 0.2) is 0 Å². The molecule has 0 aromatic heterocycles. The van der Waals surface area contributed by atoms with Crippen molar-refractivity contribution in [3.63, 3.8) is 0 Å². The Labute approximate surface area is 142 Å². The zero-order valence-corrected chi connectivity index (χ0v) is 14.6. The van der Waals surface area contributed by atoms with Crippen molar-refractivity contribution in [1.29, 1.82) is 0 Å². The number of benzene rings is 1. The highest BCUT2D eigenvalue weighted by molar-refractivity contribution is 5.77. The molecular formula is C18H25NO5. The number of nitrogens with zero attached hydrogens (tertiary/aromatic N) is 1. The Hall–Kier alpha value is -2.24. The molecular weight excluding hydrogens is 310 g/mol. The fraction of sp³-hybridized carbons (Fsp3) is 0.556. The van der Waals surface area contributed by atoms with Crippen LogP contribution in [0.4, 0.5) is 4.79 Å². The smallest absolute Gasteiger partial charge is 0.410 e. The van der Waals surface area contributed by atoms with E-state index in [1.165, 1.54) is 0 Å². The van der Waals surface area contributed by atoms with Crippen LogP contribution in [-0.4, -0.2) is 47.9 Å². The lowest BCUT2D eigenvalue weighted by molar-refractivity contribution is -0.140. The van der Waals surface area contributed by atoms with Gasteiger partial charge in [-0.1, -0.05) is 12.1 Å². The summed E-state index contributed by atoms with van der Waals surface area (Å²) >= 11 is 0. The second-order valence-electron chi connectivity index (χ2n) is 7.07. The fourth-order valence-electron chi connectivity index (χ4n) is 3.00. The monoisotopic (exact) mass is 335 g/mol. The lowest BCUT2D eigenvalue weighted by atomic mass is 9.85. The Bertz CT molecular complexity index is 608. The number of aliphatic carboxylic acids is 1. The first-order chi connectivity index (χ1) is 11.2. The highest BCUT2D eigenvalue weighted by Crippen LogP contribution is 2.34. The zero-order chi connectivity index (χ0) is 17.9. The topological polar surface area (TPSA) is 76.1 Å². The molecule has 0 saturated carbocycles. The van der Waals surface area contributed by atoms with Gasteiger partial charge in [-0.15, -0.1) is 0 Å². The van der Waals surface area contributed by atoms with Crippen LogP contribution in [0.1, 0.15) is 38.7 Å². The van der Waals surface area contributed by atoms with E-state index < -0.39 is 17.5 Å². The molecule has 0 bridgehead atoms. The van der Waals surface area contributed by atoms with E-state index in [2.05, 4.69) is 0 Å².